The lowest BCUT2D eigenvalue weighted by Gasteiger charge is -2.10. The Morgan fingerprint density at radius 3 is 2.26 bits per heavy atom. The van der Waals surface area contributed by atoms with Crippen LogP contribution < -0.4 is 11.1 Å². The molecule has 1 aliphatic rings. The van der Waals surface area contributed by atoms with E-state index >= 15 is 0 Å². The van der Waals surface area contributed by atoms with Crippen LogP contribution in [0.5, 0.6) is 0 Å². The number of amides is 1. The SMILES string of the molecule is CC[C@@]1(N)C[C@H]1c1ccc(NC(=O)c2ccc(-c3ccncc3)cc2)cc1. The summed E-state index contributed by atoms with van der Waals surface area (Å²) in [6.45, 7) is 2.13. The molecule has 0 aliphatic heterocycles. The molecule has 2 aromatic carbocycles. The Labute approximate surface area is 159 Å². The zero-order chi connectivity index (χ0) is 18.9. The molecule has 1 heterocycles. The quantitative estimate of drug-likeness (QED) is 0.701. The molecule has 0 unspecified atom stereocenters. The lowest BCUT2D eigenvalue weighted by atomic mass is 10.0. The lowest BCUT2D eigenvalue weighted by Crippen LogP contribution is -2.22. The third kappa shape index (κ3) is 3.62. The number of carbonyl (C=O) groups is 1. The summed E-state index contributed by atoms with van der Waals surface area (Å²) in [5.74, 6) is 0.324. The van der Waals surface area contributed by atoms with Crippen LogP contribution in [0.3, 0.4) is 0 Å². The van der Waals surface area contributed by atoms with E-state index in [1.165, 1.54) is 5.56 Å². The maximum Gasteiger partial charge on any atom is 0.255 e. The number of anilines is 1. The van der Waals surface area contributed by atoms with Gasteiger partial charge in [0, 0.05) is 35.1 Å². The maximum atomic E-state index is 12.5. The fourth-order valence-electron chi connectivity index (χ4n) is 3.52. The fraction of sp³-hybridized carbons (Fsp3) is 0.217. The van der Waals surface area contributed by atoms with Crippen molar-refractivity contribution < 1.29 is 4.79 Å². The Morgan fingerprint density at radius 2 is 1.67 bits per heavy atom. The standard InChI is InChI=1S/C23H23N3O/c1-2-23(24)15-21(23)18-7-9-20(10-8-18)26-22(27)19-5-3-16(4-6-19)17-11-13-25-14-12-17/h3-14,21H,2,15,24H2,1H3,(H,26,27)/t21-,23+/m0/s1. The summed E-state index contributed by atoms with van der Waals surface area (Å²) in [4.78, 5) is 16.5. The van der Waals surface area contributed by atoms with Crippen LogP contribution in [0.2, 0.25) is 0 Å². The molecule has 0 radical (unpaired) electrons. The number of benzene rings is 2. The van der Waals surface area contributed by atoms with Crippen LogP contribution in [0.1, 0.15) is 41.6 Å². The second-order valence-corrected chi connectivity index (χ2v) is 7.23. The largest absolute Gasteiger partial charge is 0.325 e. The molecule has 0 spiro atoms. The van der Waals surface area contributed by atoms with Gasteiger partial charge < -0.3 is 11.1 Å². The highest BCUT2D eigenvalue weighted by Crippen LogP contribution is 2.51. The van der Waals surface area contributed by atoms with Crippen LogP contribution >= 0.6 is 0 Å². The summed E-state index contributed by atoms with van der Waals surface area (Å²) in [7, 11) is 0. The Kier molecular flexibility index (Phi) is 4.50. The van der Waals surface area contributed by atoms with Gasteiger partial charge in [-0.25, -0.2) is 0 Å². The van der Waals surface area contributed by atoms with E-state index < -0.39 is 0 Å². The number of hydrogen-bond acceptors (Lipinski definition) is 3. The minimum Gasteiger partial charge on any atom is -0.325 e. The molecule has 27 heavy (non-hydrogen) atoms. The number of nitrogens with one attached hydrogen (secondary N) is 1. The van der Waals surface area contributed by atoms with E-state index in [0.29, 0.717) is 11.5 Å². The first-order valence-electron chi connectivity index (χ1n) is 9.30. The maximum absolute atomic E-state index is 12.5. The Morgan fingerprint density at radius 1 is 1.04 bits per heavy atom. The van der Waals surface area contributed by atoms with E-state index in [4.69, 9.17) is 5.73 Å². The minimum atomic E-state index is -0.114. The number of aromatic nitrogens is 1. The van der Waals surface area contributed by atoms with Gasteiger partial charge in [-0.2, -0.15) is 0 Å². The molecule has 0 bridgehead atoms. The van der Waals surface area contributed by atoms with Crippen molar-refractivity contribution in [2.24, 2.45) is 5.73 Å². The molecule has 3 aromatic rings. The van der Waals surface area contributed by atoms with Crippen molar-refractivity contribution in [2.75, 3.05) is 5.32 Å². The summed E-state index contributed by atoms with van der Waals surface area (Å²) in [5, 5.41) is 2.96. The average Bonchev–Trinajstić information content (AvgIpc) is 3.41. The molecular weight excluding hydrogens is 334 g/mol. The summed E-state index contributed by atoms with van der Waals surface area (Å²) >= 11 is 0. The van der Waals surface area contributed by atoms with Gasteiger partial charge in [0.2, 0.25) is 0 Å². The van der Waals surface area contributed by atoms with Gasteiger partial charge >= 0.3 is 0 Å². The monoisotopic (exact) mass is 357 g/mol. The molecule has 1 aliphatic carbocycles. The van der Waals surface area contributed by atoms with Gasteiger partial charge in [-0.3, -0.25) is 9.78 Å². The van der Waals surface area contributed by atoms with E-state index in [0.717, 1.165) is 29.7 Å². The van der Waals surface area contributed by atoms with Crippen LogP contribution in [-0.2, 0) is 0 Å². The van der Waals surface area contributed by atoms with Crippen LogP contribution in [-0.4, -0.2) is 16.4 Å². The number of nitrogens with two attached hydrogens (primary N) is 1. The van der Waals surface area contributed by atoms with Crippen molar-refractivity contribution in [3.8, 4) is 11.1 Å². The lowest BCUT2D eigenvalue weighted by molar-refractivity contribution is 0.102. The van der Waals surface area contributed by atoms with Gasteiger partial charge in [-0.15, -0.1) is 0 Å². The number of pyridine rings is 1. The zero-order valence-electron chi connectivity index (χ0n) is 15.4. The molecule has 3 N–H and O–H groups in total. The van der Waals surface area contributed by atoms with Gasteiger partial charge in [-0.05, 0) is 65.9 Å². The molecule has 4 heteroatoms. The fourth-order valence-corrected chi connectivity index (χ4v) is 3.52. The third-order valence-corrected chi connectivity index (χ3v) is 5.51. The van der Waals surface area contributed by atoms with Gasteiger partial charge in [-0.1, -0.05) is 31.2 Å². The summed E-state index contributed by atoms with van der Waals surface area (Å²) in [5.41, 5.74) is 11.1. The predicted octanol–water partition coefficient (Wildman–Crippen LogP) is 4.60. The number of hydrogen-bond donors (Lipinski definition) is 2. The molecule has 1 amide bonds. The first kappa shape index (κ1) is 17.4. The van der Waals surface area contributed by atoms with Gasteiger partial charge in [0.15, 0.2) is 0 Å². The number of carbonyl (C=O) groups excluding carboxylic acids is 1. The molecule has 0 saturated heterocycles. The molecule has 1 fully saturated rings. The van der Waals surface area contributed by atoms with E-state index in [1.807, 2.05) is 48.5 Å². The van der Waals surface area contributed by atoms with E-state index in [-0.39, 0.29) is 11.4 Å². The summed E-state index contributed by atoms with van der Waals surface area (Å²) in [6.07, 6.45) is 5.55. The van der Waals surface area contributed by atoms with Gasteiger partial charge in [0.05, 0.1) is 0 Å². The van der Waals surface area contributed by atoms with Crippen molar-refractivity contribution in [1.29, 1.82) is 0 Å². The van der Waals surface area contributed by atoms with Crippen LogP contribution in [0.25, 0.3) is 11.1 Å². The topological polar surface area (TPSA) is 68.0 Å². The van der Waals surface area contributed by atoms with Crippen LogP contribution in [0.15, 0.2) is 73.1 Å². The smallest absolute Gasteiger partial charge is 0.255 e. The molecule has 1 saturated carbocycles. The van der Waals surface area contributed by atoms with Crippen molar-refractivity contribution in [1.82, 2.24) is 4.98 Å². The van der Waals surface area contributed by atoms with Crippen molar-refractivity contribution >= 4 is 11.6 Å². The molecule has 2 atom stereocenters. The van der Waals surface area contributed by atoms with E-state index in [9.17, 15) is 4.79 Å². The second-order valence-electron chi connectivity index (χ2n) is 7.23. The highest BCUT2D eigenvalue weighted by Gasteiger charge is 2.49. The second kappa shape index (κ2) is 6.97. The minimum absolute atomic E-state index is 0.0404. The zero-order valence-corrected chi connectivity index (χ0v) is 15.4. The normalized spacial score (nSPS) is 20.9. The van der Waals surface area contributed by atoms with Crippen molar-refractivity contribution in [3.05, 3.63) is 84.2 Å². The first-order valence-corrected chi connectivity index (χ1v) is 9.30. The van der Waals surface area contributed by atoms with Crippen molar-refractivity contribution in [2.45, 2.75) is 31.2 Å². The van der Waals surface area contributed by atoms with Gasteiger partial charge in [0.1, 0.15) is 0 Å². The summed E-state index contributed by atoms with van der Waals surface area (Å²) < 4.78 is 0. The molecule has 4 nitrogen and oxygen atoms in total. The van der Waals surface area contributed by atoms with E-state index in [1.54, 1.807) is 12.4 Å². The first-order chi connectivity index (χ1) is 13.1. The number of rotatable bonds is 5. The van der Waals surface area contributed by atoms with E-state index in [2.05, 4.69) is 29.4 Å². The number of nitrogens with zero attached hydrogens (tertiary/aromatic N) is 1. The Balaban J connectivity index is 1.42. The Bertz CT molecular complexity index is 936. The molecule has 1 aromatic heterocycles. The summed E-state index contributed by atoms with van der Waals surface area (Å²) in [6, 6.07) is 19.5. The van der Waals surface area contributed by atoms with Crippen LogP contribution in [0, 0.1) is 0 Å². The molecular formula is C23H23N3O. The molecule has 4 rings (SSSR count). The Hall–Kier alpha value is -2.98. The van der Waals surface area contributed by atoms with Crippen molar-refractivity contribution in [3.63, 3.8) is 0 Å². The highest BCUT2D eigenvalue weighted by atomic mass is 16.1. The molecule has 136 valence electrons. The average molecular weight is 357 g/mol. The third-order valence-electron chi connectivity index (χ3n) is 5.51. The predicted molar refractivity (Wildman–Crippen MR) is 109 cm³/mol. The van der Waals surface area contributed by atoms with Crippen LogP contribution in [0.4, 0.5) is 5.69 Å². The van der Waals surface area contributed by atoms with Gasteiger partial charge in [0.25, 0.3) is 5.91 Å². The highest BCUT2D eigenvalue weighted by molar-refractivity contribution is 6.04.